The molecule has 0 saturated carbocycles. The summed E-state index contributed by atoms with van der Waals surface area (Å²) >= 11 is 24.6. The second-order valence-corrected chi connectivity index (χ2v) is 7.85. The van der Waals surface area contributed by atoms with Crippen LogP contribution in [0.25, 0.3) is 0 Å². The van der Waals surface area contributed by atoms with Gasteiger partial charge in [0.1, 0.15) is 11.8 Å². The highest BCUT2D eigenvalue weighted by Gasteiger charge is 2.40. The molecule has 3 rings (SSSR count). The Morgan fingerprint density at radius 3 is 2.50 bits per heavy atom. The van der Waals surface area contributed by atoms with Crippen molar-refractivity contribution >= 4 is 63.9 Å². The van der Waals surface area contributed by atoms with Crippen LogP contribution in [-0.2, 0) is 9.59 Å². The van der Waals surface area contributed by atoms with Gasteiger partial charge in [0.2, 0.25) is 5.91 Å². The van der Waals surface area contributed by atoms with Gasteiger partial charge in [-0.3, -0.25) is 9.59 Å². The van der Waals surface area contributed by atoms with E-state index >= 15 is 0 Å². The number of rotatable bonds is 6. The summed E-state index contributed by atoms with van der Waals surface area (Å²) in [5, 5.41) is 4.34. The van der Waals surface area contributed by atoms with Crippen LogP contribution in [-0.4, -0.2) is 25.0 Å². The number of halogens is 4. The van der Waals surface area contributed by atoms with Gasteiger partial charge in [-0.1, -0.05) is 46.4 Å². The van der Waals surface area contributed by atoms with E-state index in [0.29, 0.717) is 56.7 Å². The van der Waals surface area contributed by atoms with Gasteiger partial charge in [0, 0.05) is 29.1 Å². The minimum Gasteiger partial charge on any atom is -0.492 e. The fourth-order valence-electron chi connectivity index (χ4n) is 3.05. The number of hydrogen-bond acceptors (Lipinski definition) is 3. The van der Waals surface area contributed by atoms with E-state index in [1.165, 1.54) is 11.8 Å². The summed E-state index contributed by atoms with van der Waals surface area (Å²) in [7, 11) is 0. The molecule has 9 heteroatoms. The predicted molar refractivity (Wildman–Crippen MR) is 112 cm³/mol. The fourth-order valence-corrected chi connectivity index (χ4v) is 4.04. The number of hydrogen-bond donors (Lipinski definition) is 1. The van der Waals surface area contributed by atoms with E-state index in [9.17, 15) is 9.59 Å². The Morgan fingerprint density at radius 1 is 1.11 bits per heavy atom. The van der Waals surface area contributed by atoms with E-state index in [1.807, 2.05) is 0 Å². The van der Waals surface area contributed by atoms with Gasteiger partial charge in [-0.15, -0.1) is 0 Å². The largest absolute Gasteiger partial charge is 0.492 e. The van der Waals surface area contributed by atoms with Crippen molar-refractivity contribution in [2.45, 2.75) is 19.4 Å². The standard InChI is InChI=1S/C19H16Cl4N2O3/c1-10(26)24-17-16-12(21)4-5-13(22)18(16)25(19(17)27)7-2-8-28-15-6-3-11(20)9-14(15)23/h3-6,9,17H,2,7-8H2,1H3,(H,24,26). The lowest BCUT2D eigenvalue weighted by atomic mass is 10.1. The van der Waals surface area contributed by atoms with Gasteiger partial charge in [0.15, 0.2) is 0 Å². The summed E-state index contributed by atoms with van der Waals surface area (Å²) in [6.07, 6.45) is 0.514. The maximum atomic E-state index is 12.9. The first-order chi connectivity index (χ1) is 13.3. The zero-order chi connectivity index (χ0) is 20.4. The third-order valence-corrected chi connectivity index (χ3v) is 5.38. The summed E-state index contributed by atoms with van der Waals surface area (Å²) in [6.45, 7) is 2.01. The minimum atomic E-state index is -0.856. The first-order valence-corrected chi connectivity index (χ1v) is 9.95. The Hall–Kier alpha value is -1.66. The Kier molecular flexibility index (Phi) is 6.61. The maximum Gasteiger partial charge on any atom is 0.254 e. The molecule has 0 radical (unpaired) electrons. The van der Waals surface area contributed by atoms with Crippen LogP contribution in [0.15, 0.2) is 30.3 Å². The van der Waals surface area contributed by atoms with Crippen molar-refractivity contribution in [3.8, 4) is 5.75 Å². The van der Waals surface area contributed by atoms with Gasteiger partial charge in [-0.25, -0.2) is 0 Å². The van der Waals surface area contributed by atoms with Gasteiger partial charge in [0.05, 0.1) is 22.3 Å². The molecule has 2 amide bonds. The van der Waals surface area contributed by atoms with Gasteiger partial charge in [0.25, 0.3) is 5.91 Å². The van der Waals surface area contributed by atoms with Gasteiger partial charge in [-0.2, -0.15) is 0 Å². The quantitative estimate of drug-likeness (QED) is 0.594. The second kappa shape index (κ2) is 8.78. The van der Waals surface area contributed by atoms with E-state index < -0.39 is 6.04 Å². The van der Waals surface area contributed by atoms with Crippen molar-refractivity contribution in [1.29, 1.82) is 0 Å². The Balaban J connectivity index is 1.73. The zero-order valence-electron chi connectivity index (χ0n) is 14.8. The average Bonchev–Trinajstić information content (AvgIpc) is 2.90. The van der Waals surface area contributed by atoms with Crippen molar-refractivity contribution in [2.24, 2.45) is 0 Å². The van der Waals surface area contributed by atoms with Gasteiger partial charge < -0.3 is 15.0 Å². The molecule has 0 aromatic heterocycles. The third-order valence-electron chi connectivity index (χ3n) is 4.21. The molecule has 2 aromatic rings. The van der Waals surface area contributed by atoms with Crippen molar-refractivity contribution in [3.63, 3.8) is 0 Å². The lowest BCUT2D eigenvalue weighted by Crippen LogP contribution is -2.37. The van der Waals surface area contributed by atoms with Crippen LogP contribution in [0, 0.1) is 0 Å². The highest BCUT2D eigenvalue weighted by molar-refractivity contribution is 6.38. The van der Waals surface area contributed by atoms with E-state index in [4.69, 9.17) is 51.1 Å². The molecule has 1 aliphatic heterocycles. The Bertz CT molecular complexity index is 936. The van der Waals surface area contributed by atoms with Gasteiger partial charge >= 0.3 is 0 Å². The van der Waals surface area contributed by atoms with E-state index in [0.717, 1.165) is 0 Å². The number of anilines is 1. The number of ether oxygens (including phenoxy) is 1. The molecule has 0 spiro atoms. The molecule has 1 heterocycles. The number of fused-ring (bicyclic) bond motifs is 1. The Labute approximate surface area is 182 Å². The van der Waals surface area contributed by atoms with E-state index in [-0.39, 0.29) is 11.8 Å². The topological polar surface area (TPSA) is 58.6 Å². The summed E-state index contributed by atoms with van der Waals surface area (Å²) in [6, 6.07) is 7.35. The van der Waals surface area contributed by atoms with Crippen LogP contribution in [0.2, 0.25) is 20.1 Å². The zero-order valence-corrected chi connectivity index (χ0v) is 17.8. The van der Waals surface area contributed by atoms with Crippen LogP contribution in [0.1, 0.15) is 24.9 Å². The van der Waals surface area contributed by atoms with E-state index in [2.05, 4.69) is 5.32 Å². The van der Waals surface area contributed by atoms with E-state index in [1.54, 1.807) is 30.3 Å². The van der Waals surface area contributed by atoms with Crippen LogP contribution >= 0.6 is 46.4 Å². The second-order valence-electron chi connectivity index (χ2n) is 6.19. The van der Waals surface area contributed by atoms with Crippen molar-refractivity contribution in [2.75, 3.05) is 18.1 Å². The summed E-state index contributed by atoms with van der Waals surface area (Å²) in [5.41, 5.74) is 1.03. The molecule has 1 unspecified atom stereocenters. The SMILES string of the molecule is CC(=O)NC1C(=O)N(CCCOc2ccc(Cl)cc2Cl)c2c(Cl)ccc(Cl)c21. The monoisotopic (exact) mass is 460 g/mol. The van der Waals surface area contributed by atoms with Crippen LogP contribution in [0.3, 0.4) is 0 Å². The first-order valence-electron chi connectivity index (χ1n) is 8.44. The smallest absolute Gasteiger partial charge is 0.254 e. The molecule has 1 atom stereocenters. The molecular weight excluding hydrogens is 446 g/mol. The number of carbonyl (C=O) groups is 2. The van der Waals surface area contributed by atoms with Crippen LogP contribution in [0.4, 0.5) is 5.69 Å². The minimum absolute atomic E-state index is 0.287. The summed E-state index contributed by atoms with van der Waals surface area (Å²) in [4.78, 5) is 25.9. The highest BCUT2D eigenvalue weighted by Crippen LogP contribution is 2.45. The molecule has 0 bridgehead atoms. The molecule has 5 nitrogen and oxygen atoms in total. The van der Waals surface area contributed by atoms with Crippen LogP contribution in [0.5, 0.6) is 5.75 Å². The third kappa shape index (κ3) is 4.33. The molecule has 0 fully saturated rings. The molecule has 1 aliphatic rings. The van der Waals surface area contributed by atoms with Crippen molar-refractivity contribution in [3.05, 3.63) is 56.0 Å². The summed E-state index contributed by atoms with van der Waals surface area (Å²) in [5.74, 6) is -0.107. The molecule has 28 heavy (non-hydrogen) atoms. The fraction of sp³-hybridized carbons (Fsp3) is 0.263. The molecule has 0 aliphatic carbocycles. The number of benzene rings is 2. The molecule has 1 N–H and O–H groups in total. The van der Waals surface area contributed by atoms with Gasteiger partial charge in [-0.05, 0) is 36.8 Å². The number of carbonyl (C=O) groups excluding carboxylic acids is 2. The first kappa shape index (κ1) is 21.1. The molecule has 2 aromatic carbocycles. The normalized spacial score (nSPS) is 15.5. The number of amides is 2. The van der Waals surface area contributed by atoms with Crippen molar-refractivity contribution in [1.82, 2.24) is 5.32 Å². The van der Waals surface area contributed by atoms with Crippen LogP contribution < -0.4 is 15.0 Å². The number of nitrogens with zero attached hydrogens (tertiary/aromatic N) is 1. The lowest BCUT2D eigenvalue weighted by Gasteiger charge is -2.19. The highest BCUT2D eigenvalue weighted by atomic mass is 35.5. The molecule has 0 saturated heterocycles. The summed E-state index contributed by atoms with van der Waals surface area (Å²) < 4.78 is 5.66. The molecular formula is C19H16Cl4N2O3. The average molecular weight is 462 g/mol. The lowest BCUT2D eigenvalue weighted by molar-refractivity contribution is -0.126. The predicted octanol–water partition coefficient (Wildman–Crippen LogP) is 5.29. The Morgan fingerprint density at radius 2 is 1.82 bits per heavy atom. The maximum absolute atomic E-state index is 12.9. The number of nitrogens with one attached hydrogen (secondary N) is 1. The molecule has 148 valence electrons. The van der Waals surface area contributed by atoms with Crippen molar-refractivity contribution < 1.29 is 14.3 Å².